The van der Waals surface area contributed by atoms with E-state index in [1.807, 2.05) is 12.1 Å². The molecule has 1 aliphatic heterocycles. The Balaban J connectivity index is 2.52. The standard InChI is InChI=1S/C12H15NO2/c1-3-13-8(2)7-10-9(12(14)15)5-4-6-11(10)13/h4-6,8H,3,7H2,1-2H3,(H,14,15). The Labute approximate surface area is 89.3 Å². The van der Waals surface area contributed by atoms with Crippen LogP contribution < -0.4 is 4.90 Å². The van der Waals surface area contributed by atoms with Gasteiger partial charge < -0.3 is 10.0 Å². The fraction of sp³-hybridized carbons (Fsp3) is 0.417. The van der Waals surface area contributed by atoms with Crippen LogP contribution in [0.4, 0.5) is 5.69 Å². The van der Waals surface area contributed by atoms with Crippen molar-refractivity contribution in [2.45, 2.75) is 26.3 Å². The van der Waals surface area contributed by atoms with Crippen LogP contribution in [0.15, 0.2) is 18.2 Å². The number of benzene rings is 1. The van der Waals surface area contributed by atoms with E-state index in [2.05, 4.69) is 18.7 Å². The molecule has 0 bridgehead atoms. The summed E-state index contributed by atoms with van der Waals surface area (Å²) >= 11 is 0. The quantitative estimate of drug-likeness (QED) is 0.804. The fourth-order valence-corrected chi connectivity index (χ4v) is 2.38. The molecule has 2 rings (SSSR count). The molecule has 1 atom stereocenters. The molecule has 1 aliphatic rings. The Morgan fingerprint density at radius 2 is 2.33 bits per heavy atom. The summed E-state index contributed by atoms with van der Waals surface area (Å²) in [4.78, 5) is 13.3. The van der Waals surface area contributed by atoms with Crippen LogP contribution in [0, 0.1) is 0 Å². The van der Waals surface area contributed by atoms with Crippen molar-refractivity contribution in [3.05, 3.63) is 29.3 Å². The highest BCUT2D eigenvalue weighted by atomic mass is 16.4. The SMILES string of the molecule is CCN1c2cccc(C(=O)O)c2CC1C. The average molecular weight is 205 g/mol. The summed E-state index contributed by atoms with van der Waals surface area (Å²) in [7, 11) is 0. The van der Waals surface area contributed by atoms with Crippen LogP contribution in [0.3, 0.4) is 0 Å². The lowest BCUT2D eigenvalue weighted by Crippen LogP contribution is -2.28. The highest BCUT2D eigenvalue weighted by molar-refractivity contribution is 5.92. The maximum absolute atomic E-state index is 11.0. The first-order valence-electron chi connectivity index (χ1n) is 5.27. The third-order valence-corrected chi connectivity index (χ3v) is 3.06. The minimum atomic E-state index is -0.822. The van der Waals surface area contributed by atoms with Gasteiger partial charge in [0.1, 0.15) is 0 Å². The second-order valence-electron chi connectivity index (χ2n) is 3.95. The number of likely N-dealkylation sites (N-methyl/N-ethyl adjacent to an activating group) is 1. The van der Waals surface area contributed by atoms with Gasteiger partial charge in [-0.05, 0) is 38.0 Å². The number of carbonyl (C=O) groups is 1. The summed E-state index contributed by atoms with van der Waals surface area (Å²) in [5.74, 6) is -0.822. The van der Waals surface area contributed by atoms with Crippen LogP contribution in [0.2, 0.25) is 0 Å². The van der Waals surface area contributed by atoms with Gasteiger partial charge in [0.2, 0.25) is 0 Å². The molecule has 1 aromatic rings. The van der Waals surface area contributed by atoms with Crippen molar-refractivity contribution in [2.24, 2.45) is 0 Å². The Hall–Kier alpha value is -1.51. The van der Waals surface area contributed by atoms with Crippen molar-refractivity contribution in [3.63, 3.8) is 0 Å². The van der Waals surface area contributed by atoms with E-state index in [1.165, 1.54) is 0 Å². The number of carboxylic acids is 1. The second kappa shape index (κ2) is 3.57. The van der Waals surface area contributed by atoms with Gasteiger partial charge in [0.15, 0.2) is 0 Å². The fourth-order valence-electron chi connectivity index (χ4n) is 2.38. The molecule has 0 spiro atoms. The van der Waals surface area contributed by atoms with Crippen molar-refractivity contribution < 1.29 is 9.90 Å². The van der Waals surface area contributed by atoms with E-state index < -0.39 is 5.97 Å². The van der Waals surface area contributed by atoms with Crippen LogP contribution >= 0.6 is 0 Å². The van der Waals surface area contributed by atoms with Gasteiger partial charge in [-0.2, -0.15) is 0 Å². The molecule has 0 saturated carbocycles. The molecule has 80 valence electrons. The van der Waals surface area contributed by atoms with E-state index in [1.54, 1.807) is 6.07 Å². The van der Waals surface area contributed by atoms with Gasteiger partial charge in [0, 0.05) is 18.3 Å². The van der Waals surface area contributed by atoms with Crippen LogP contribution in [-0.2, 0) is 6.42 Å². The largest absolute Gasteiger partial charge is 0.478 e. The number of rotatable bonds is 2. The molecule has 1 heterocycles. The molecule has 0 aromatic heterocycles. The normalized spacial score (nSPS) is 19.1. The minimum absolute atomic E-state index is 0.408. The van der Waals surface area contributed by atoms with Gasteiger partial charge in [0.25, 0.3) is 0 Å². The number of hydrogen-bond acceptors (Lipinski definition) is 2. The van der Waals surface area contributed by atoms with E-state index >= 15 is 0 Å². The first kappa shape index (κ1) is 10.0. The van der Waals surface area contributed by atoms with E-state index in [0.717, 1.165) is 24.2 Å². The zero-order chi connectivity index (χ0) is 11.0. The Morgan fingerprint density at radius 3 is 2.93 bits per heavy atom. The number of hydrogen-bond donors (Lipinski definition) is 1. The van der Waals surface area contributed by atoms with Gasteiger partial charge in [-0.25, -0.2) is 4.79 Å². The van der Waals surface area contributed by atoms with Gasteiger partial charge in [-0.15, -0.1) is 0 Å². The van der Waals surface area contributed by atoms with Gasteiger partial charge in [-0.3, -0.25) is 0 Å². The third-order valence-electron chi connectivity index (χ3n) is 3.06. The third kappa shape index (κ3) is 1.48. The van der Waals surface area contributed by atoms with Crippen LogP contribution in [0.1, 0.15) is 29.8 Å². The monoisotopic (exact) mass is 205 g/mol. The molecule has 15 heavy (non-hydrogen) atoms. The van der Waals surface area contributed by atoms with E-state index in [0.29, 0.717) is 11.6 Å². The Morgan fingerprint density at radius 1 is 1.60 bits per heavy atom. The van der Waals surface area contributed by atoms with Crippen LogP contribution in [-0.4, -0.2) is 23.7 Å². The Bertz CT molecular complexity index is 401. The molecule has 0 amide bonds. The zero-order valence-electron chi connectivity index (χ0n) is 9.03. The van der Waals surface area contributed by atoms with Crippen molar-refractivity contribution in [3.8, 4) is 0 Å². The summed E-state index contributed by atoms with van der Waals surface area (Å²) in [6, 6.07) is 5.93. The average Bonchev–Trinajstić information content (AvgIpc) is 2.52. The number of fused-ring (bicyclic) bond motifs is 1. The molecule has 1 aromatic carbocycles. The van der Waals surface area contributed by atoms with Crippen molar-refractivity contribution in [2.75, 3.05) is 11.4 Å². The number of nitrogens with zero attached hydrogens (tertiary/aromatic N) is 1. The lowest BCUT2D eigenvalue weighted by Gasteiger charge is -2.22. The molecular weight excluding hydrogens is 190 g/mol. The van der Waals surface area contributed by atoms with Gasteiger partial charge in [0.05, 0.1) is 5.56 Å². The van der Waals surface area contributed by atoms with Gasteiger partial charge in [-0.1, -0.05) is 6.07 Å². The topological polar surface area (TPSA) is 40.5 Å². The minimum Gasteiger partial charge on any atom is -0.478 e. The van der Waals surface area contributed by atoms with Crippen molar-refractivity contribution in [1.29, 1.82) is 0 Å². The molecule has 0 aliphatic carbocycles. The molecule has 1 unspecified atom stereocenters. The van der Waals surface area contributed by atoms with Crippen LogP contribution in [0.25, 0.3) is 0 Å². The van der Waals surface area contributed by atoms with E-state index in [9.17, 15) is 4.79 Å². The summed E-state index contributed by atoms with van der Waals surface area (Å²) in [6.07, 6.45) is 0.839. The predicted octanol–water partition coefficient (Wildman–Crippen LogP) is 2.16. The molecule has 0 saturated heterocycles. The molecule has 3 nitrogen and oxygen atoms in total. The highest BCUT2D eigenvalue weighted by Gasteiger charge is 2.28. The van der Waals surface area contributed by atoms with Crippen molar-refractivity contribution >= 4 is 11.7 Å². The lowest BCUT2D eigenvalue weighted by atomic mass is 10.0. The predicted molar refractivity (Wildman–Crippen MR) is 59.6 cm³/mol. The molecule has 1 N–H and O–H groups in total. The first-order chi connectivity index (χ1) is 7.15. The molecule has 0 radical (unpaired) electrons. The van der Waals surface area contributed by atoms with E-state index in [-0.39, 0.29) is 0 Å². The second-order valence-corrected chi connectivity index (χ2v) is 3.95. The van der Waals surface area contributed by atoms with Gasteiger partial charge >= 0.3 is 5.97 Å². The smallest absolute Gasteiger partial charge is 0.336 e. The summed E-state index contributed by atoms with van der Waals surface area (Å²) in [5.41, 5.74) is 2.53. The number of aromatic carboxylic acids is 1. The summed E-state index contributed by atoms with van der Waals surface area (Å²) < 4.78 is 0. The number of carboxylic acid groups (broad SMARTS) is 1. The molecule has 3 heteroatoms. The summed E-state index contributed by atoms with van der Waals surface area (Å²) in [6.45, 7) is 5.16. The summed E-state index contributed by atoms with van der Waals surface area (Å²) in [5, 5.41) is 9.08. The molecule has 0 fully saturated rings. The molecular formula is C12H15NO2. The van der Waals surface area contributed by atoms with Crippen LogP contribution in [0.5, 0.6) is 0 Å². The lowest BCUT2D eigenvalue weighted by molar-refractivity contribution is 0.0696. The maximum atomic E-state index is 11.0. The zero-order valence-corrected chi connectivity index (χ0v) is 9.03. The Kier molecular flexibility index (Phi) is 2.39. The first-order valence-corrected chi connectivity index (χ1v) is 5.27. The number of anilines is 1. The highest BCUT2D eigenvalue weighted by Crippen LogP contribution is 2.33. The maximum Gasteiger partial charge on any atom is 0.336 e. The van der Waals surface area contributed by atoms with Crippen molar-refractivity contribution in [1.82, 2.24) is 0 Å². The van der Waals surface area contributed by atoms with E-state index in [4.69, 9.17) is 5.11 Å².